The number of nitrogens with zero attached hydrogens (tertiary/aromatic N) is 2. The fraction of sp³-hybridized carbons (Fsp3) is 0.464. The number of carbonyl (C=O) groups excluding carboxylic acids is 2. The maximum Gasteiger partial charge on any atom is 0.247 e. The number of hydrogen-bond donors (Lipinski definition) is 3. The zero-order valence-electron chi connectivity index (χ0n) is 21.8. The van der Waals surface area contributed by atoms with Gasteiger partial charge >= 0.3 is 0 Å². The van der Waals surface area contributed by atoms with Gasteiger partial charge in [0.2, 0.25) is 21.8 Å². The van der Waals surface area contributed by atoms with Crippen LogP contribution in [0.5, 0.6) is 0 Å². The Bertz CT molecular complexity index is 1420. The predicted molar refractivity (Wildman–Crippen MR) is 155 cm³/mol. The van der Waals surface area contributed by atoms with E-state index in [9.17, 15) is 18.0 Å². The molecule has 1 aliphatic heterocycles. The van der Waals surface area contributed by atoms with Crippen molar-refractivity contribution >= 4 is 54.2 Å². The molecule has 9 nitrogen and oxygen atoms in total. The Hall–Kier alpha value is -3.02. The Kier molecular flexibility index (Phi) is 8.49. The average molecular weight is 570 g/mol. The van der Waals surface area contributed by atoms with E-state index in [-0.39, 0.29) is 23.5 Å². The minimum atomic E-state index is -3.78. The van der Waals surface area contributed by atoms with Crippen molar-refractivity contribution in [2.75, 3.05) is 17.6 Å². The smallest absolute Gasteiger partial charge is 0.247 e. The van der Waals surface area contributed by atoms with Crippen molar-refractivity contribution in [1.82, 2.24) is 14.6 Å². The van der Waals surface area contributed by atoms with Gasteiger partial charge in [-0.3, -0.25) is 9.59 Å². The molecule has 2 amide bonds. The van der Waals surface area contributed by atoms with Crippen LogP contribution in [0.4, 0.5) is 10.8 Å². The van der Waals surface area contributed by atoms with Crippen molar-refractivity contribution < 1.29 is 18.0 Å². The summed E-state index contributed by atoms with van der Waals surface area (Å²) in [7, 11) is -3.78. The van der Waals surface area contributed by atoms with Gasteiger partial charge in [0, 0.05) is 12.2 Å². The van der Waals surface area contributed by atoms with Gasteiger partial charge in [-0.15, -0.1) is 0 Å². The van der Waals surface area contributed by atoms with Gasteiger partial charge in [-0.1, -0.05) is 73.8 Å². The lowest BCUT2D eigenvalue weighted by Crippen LogP contribution is -2.53. The molecule has 1 aromatic heterocycles. The highest BCUT2D eigenvalue weighted by molar-refractivity contribution is 7.88. The topological polar surface area (TPSA) is 134 Å². The van der Waals surface area contributed by atoms with Crippen LogP contribution in [0, 0.1) is 5.92 Å². The number of aromatic nitrogens is 1. The van der Waals surface area contributed by atoms with Crippen LogP contribution in [-0.2, 0) is 25.4 Å². The van der Waals surface area contributed by atoms with Crippen LogP contribution >= 0.6 is 11.3 Å². The standard InChI is InChI=1S/C28H35N5O4S2/c29-28-31-22-14-13-21(17-25(22)38-28)30-26(34)24-12-7-15-33(24)27(35)23(16-19-8-3-1-4-9-19)32-39(36,37)18-20-10-5-2-6-11-20/h2,5-6,10-11,13-14,17,19,23-24,32H,1,3-4,7-9,12,15-16,18H2,(H2,29,31)(H,30,34). The van der Waals surface area contributed by atoms with Crippen molar-refractivity contribution in [3.05, 3.63) is 54.1 Å². The van der Waals surface area contributed by atoms with E-state index in [2.05, 4.69) is 15.0 Å². The molecule has 1 aliphatic carbocycles. The monoisotopic (exact) mass is 569 g/mol. The molecule has 2 unspecified atom stereocenters. The molecular weight excluding hydrogens is 534 g/mol. The van der Waals surface area contributed by atoms with Crippen LogP contribution in [-0.4, -0.2) is 48.7 Å². The number of likely N-dealkylation sites (tertiary alicyclic amines) is 1. The molecule has 0 bridgehead atoms. The third-order valence-corrected chi connectivity index (χ3v) is 9.83. The summed E-state index contributed by atoms with van der Waals surface area (Å²) in [5.41, 5.74) is 7.84. The molecule has 208 valence electrons. The first-order valence-electron chi connectivity index (χ1n) is 13.6. The molecule has 2 fully saturated rings. The van der Waals surface area contributed by atoms with E-state index in [0.29, 0.717) is 42.2 Å². The molecule has 2 atom stereocenters. The lowest BCUT2D eigenvalue weighted by Gasteiger charge is -2.31. The fourth-order valence-corrected chi connectivity index (χ4v) is 7.88. The summed E-state index contributed by atoms with van der Waals surface area (Å²) in [6.45, 7) is 0.420. The minimum Gasteiger partial charge on any atom is -0.375 e. The summed E-state index contributed by atoms with van der Waals surface area (Å²) < 4.78 is 29.9. The molecule has 1 saturated carbocycles. The number of fused-ring (bicyclic) bond motifs is 1. The largest absolute Gasteiger partial charge is 0.375 e. The first-order valence-corrected chi connectivity index (χ1v) is 16.1. The van der Waals surface area contributed by atoms with E-state index in [1.165, 1.54) is 17.8 Å². The number of benzene rings is 2. The van der Waals surface area contributed by atoms with E-state index in [0.717, 1.165) is 35.9 Å². The highest BCUT2D eigenvalue weighted by atomic mass is 32.2. The van der Waals surface area contributed by atoms with Gasteiger partial charge in [0.1, 0.15) is 12.1 Å². The molecule has 0 spiro atoms. The van der Waals surface area contributed by atoms with Gasteiger partial charge in [-0.05, 0) is 48.9 Å². The van der Waals surface area contributed by atoms with E-state index in [4.69, 9.17) is 5.73 Å². The Morgan fingerprint density at radius 1 is 1.05 bits per heavy atom. The van der Waals surface area contributed by atoms with E-state index < -0.39 is 22.1 Å². The molecule has 11 heteroatoms. The highest BCUT2D eigenvalue weighted by Crippen LogP contribution is 2.30. The number of nitrogens with two attached hydrogens (primary N) is 1. The second-order valence-corrected chi connectivity index (χ2v) is 13.4. The quantitative estimate of drug-likeness (QED) is 0.352. The highest BCUT2D eigenvalue weighted by Gasteiger charge is 2.39. The number of thiazole rings is 1. The number of carbonyl (C=O) groups is 2. The summed E-state index contributed by atoms with van der Waals surface area (Å²) in [6, 6.07) is 12.8. The molecule has 0 radical (unpaired) electrons. The van der Waals surface area contributed by atoms with Crippen molar-refractivity contribution in [2.24, 2.45) is 5.92 Å². The van der Waals surface area contributed by atoms with Crippen molar-refractivity contribution in [3.63, 3.8) is 0 Å². The normalized spacial score (nSPS) is 19.3. The lowest BCUT2D eigenvalue weighted by molar-refractivity contribution is -0.138. The van der Waals surface area contributed by atoms with Crippen LogP contribution in [0.25, 0.3) is 10.2 Å². The summed E-state index contributed by atoms with van der Waals surface area (Å²) in [4.78, 5) is 33.0. The second-order valence-electron chi connectivity index (χ2n) is 10.6. The minimum absolute atomic E-state index is 0.198. The fourth-order valence-electron chi connectivity index (χ4n) is 5.76. The van der Waals surface area contributed by atoms with Crippen LogP contribution in [0.1, 0.15) is 56.9 Å². The number of nitrogens with one attached hydrogen (secondary N) is 2. The first-order chi connectivity index (χ1) is 18.8. The molecule has 5 rings (SSSR count). The Morgan fingerprint density at radius 3 is 2.59 bits per heavy atom. The van der Waals surface area contributed by atoms with Crippen molar-refractivity contribution in [2.45, 2.75) is 69.2 Å². The number of anilines is 2. The van der Waals surface area contributed by atoms with Crippen LogP contribution in [0.3, 0.4) is 0 Å². The second kappa shape index (κ2) is 12.0. The third-order valence-electron chi connectivity index (χ3n) is 7.62. The molecule has 2 heterocycles. The SMILES string of the molecule is Nc1nc2ccc(NC(=O)C3CCCN3C(=O)C(CC3CCCCC3)NS(=O)(=O)Cc3ccccc3)cc2s1. The zero-order valence-corrected chi connectivity index (χ0v) is 23.5. The number of hydrogen-bond acceptors (Lipinski definition) is 7. The van der Waals surface area contributed by atoms with E-state index in [1.807, 2.05) is 12.1 Å². The third kappa shape index (κ3) is 6.95. The molecule has 39 heavy (non-hydrogen) atoms. The van der Waals surface area contributed by atoms with Gasteiger partial charge in [0.05, 0.1) is 16.0 Å². The van der Waals surface area contributed by atoms with E-state index >= 15 is 0 Å². The molecule has 3 aromatic rings. The Balaban J connectivity index is 1.31. The molecule has 1 saturated heterocycles. The van der Waals surface area contributed by atoms with Crippen LogP contribution in [0.15, 0.2) is 48.5 Å². The van der Waals surface area contributed by atoms with Crippen molar-refractivity contribution in [1.29, 1.82) is 0 Å². The summed E-state index contributed by atoms with van der Waals surface area (Å²) in [6.07, 6.45) is 6.97. The Morgan fingerprint density at radius 2 is 1.82 bits per heavy atom. The molecule has 4 N–H and O–H groups in total. The van der Waals surface area contributed by atoms with Gasteiger partial charge in [0.15, 0.2) is 5.13 Å². The van der Waals surface area contributed by atoms with E-state index in [1.54, 1.807) is 41.3 Å². The maximum absolute atomic E-state index is 13.9. The lowest BCUT2D eigenvalue weighted by atomic mass is 9.84. The summed E-state index contributed by atoms with van der Waals surface area (Å²) >= 11 is 1.34. The molecule has 2 aliphatic rings. The van der Waals surface area contributed by atoms with Crippen molar-refractivity contribution in [3.8, 4) is 0 Å². The summed E-state index contributed by atoms with van der Waals surface area (Å²) in [5.74, 6) is -0.515. The molecule has 2 aromatic carbocycles. The van der Waals surface area contributed by atoms with Gasteiger partial charge in [-0.2, -0.15) is 0 Å². The van der Waals surface area contributed by atoms with Crippen LogP contribution in [0.2, 0.25) is 0 Å². The van der Waals surface area contributed by atoms with Gasteiger partial charge < -0.3 is 16.0 Å². The predicted octanol–water partition coefficient (Wildman–Crippen LogP) is 4.27. The van der Waals surface area contributed by atoms with Crippen LogP contribution < -0.4 is 15.8 Å². The zero-order chi connectivity index (χ0) is 27.4. The summed E-state index contributed by atoms with van der Waals surface area (Å²) in [5, 5.41) is 3.40. The van der Waals surface area contributed by atoms with Gasteiger partial charge in [0.25, 0.3) is 0 Å². The number of amides is 2. The number of rotatable bonds is 9. The molecular formula is C28H35N5O4S2. The Labute approximate surface area is 233 Å². The maximum atomic E-state index is 13.9. The first kappa shape index (κ1) is 27.5. The number of sulfonamides is 1. The van der Waals surface area contributed by atoms with Gasteiger partial charge in [-0.25, -0.2) is 18.1 Å². The average Bonchev–Trinajstić information content (AvgIpc) is 3.54. The number of nitrogen functional groups attached to an aromatic ring is 1.